The summed E-state index contributed by atoms with van der Waals surface area (Å²) < 4.78 is 18.7. The van der Waals surface area contributed by atoms with Crippen LogP contribution in [-0.2, 0) is 14.2 Å². The zero-order chi connectivity index (χ0) is 27.4. The van der Waals surface area contributed by atoms with Crippen molar-refractivity contribution in [1.29, 1.82) is 0 Å². The summed E-state index contributed by atoms with van der Waals surface area (Å²) in [5.41, 5.74) is 0.705. The molecule has 38 heavy (non-hydrogen) atoms. The average Bonchev–Trinajstić information content (AvgIpc) is 2.88. The number of fused-ring (bicyclic) bond motifs is 1. The molecule has 6 nitrogen and oxygen atoms in total. The third-order valence-corrected chi connectivity index (χ3v) is 10.1. The second-order valence-electron chi connectivity index (χ2n) is 12.6. The molecule has 2 unspecified atom stereocenters. The van der Waals surface area contributed by atoms with Gasteiger partial charge in [-0.05, 0) is 93.1 Å². The first-order valence-electron chi connectivity index (χ1n) is 14.5. The van der Waals surface area contributed by atoms with E-state index in [1.165, 1.54) is 19.3 Å². The Balaban J connectivity index is 1.51. The molecule has 3 aliphatic rings. The molecule has 1 amide bonds. The van der Waals surface area contributed by atoms with E-state index in [4.69, 9.17) is 14.2 Å². The standard InChI is InChI=1S/C31H46BrNO5/c1-29(2)15-9-16-30(3)24(29)13-17-31(4,38-26-12-7-8-20-36-26)25(30)14-21-37-28(35)23-11-6-5-10-22(23)27(34)33-19-18-32/h5-6,10-11,24-26H,7-9,12-21H2,1-4H3,(H,33,34)/t24?,25-,26?,30+,31-/m1/s1. The van der Waals surface area contributed by atoms with Gasteiger partial charge in [-0.3, -0.25) is 4.79 Å². The van der Waals surface area contributed by atoms with Gasteiger partial charge in [-0.2, -0.15) is 0 Å². The van der Waals surface area contributed by atoms with E-state index in [0.717, 1.165) is 45.1 Å². The molecule has 0 radical (unpaired) electrons. The highest BCUT2D eigenvalue weighted by Gasteiger charge is 2.59. The Morgan fingerprint density at radius 1 is 1.03 bits per heavy atom. The predicted octanol–water partition coefficient (Wildman–Crippen LogP) is 6.90. The van der Waals surface area contributed by atoms with E-state index in [-0.39, 0.29) is 34.5 Å². The van der Waals surface area contributed by atoms with Gasteiger partial charge in [0.2, 0.25) is 0 Å². The van der Waals surface area contributed by atoms with Crippen LogP contribution in [0.4, 0.5) is 0 Å². The van der Waals surface area contributed by atoms with Crippen LogP contribution in [0.2, 0.25) is 0 Å². The molecular weight excluding hydrogens is 546 g/mol. The van der Waals surface area contributed by atoms with Gasteiger partial charge in [0.25, 0.3) is 5.91 Å². The summed E-state index contributed by atoms with van der Waals surface area (Å²) in [5.74, 6) is 0.128. The minimum atomic E-state index is -0.450. The number of hydrogen-bond acceptors (Lipinski definition) is 5. The van der Waals surface area contributed by atoms with Crippen molar-refractivity contribution in [3.63, 3.8) is 0 Å². The van der Waals surface area contributed by atoms with Gasteiger partial charge in [0, 0.05) is 18.5 Å². The Morgan fingerprint density at radius 3 is 2.50 bits per heavy atom. The van der Waals surface area contributed by atoms with E-state index in [0.29, 0.717) is 35.5 Å². The molecule has 2 saturated carbocycles. The number of nitrogens with one attached hydrogen (secondary N) is 1. The Labute approximate surface area is 237 Å². The topological polar surface area (TPSA) is 73.9 Å². The van der Waals surface area contributed by atoms with Gasteiger partial charge in [-0.15, -0.1) is 0 Å². The largest absolute Gasteiger partial charge is 0.462 e. The van der Waals surface area contributed by atoms with E-state index in [9.17, 15) is 9.59 Å². The molecule has 4 rings (SSSR count). The SMILES string of the molecule is CC1(C)CCC[C@@]2(C)C1CC[C@@](C)(OC1CCCCO1)[C@@H]2CCOC(=O)c1ccccc1C(=O)NCCBr. The van der Waals surface area contributed by atoms with Crippen molar-refractivity contribution < 1.29 is 23.8 Å². The van der Waals surface area contributed by atoms with Gasteiger partial charge in [-0.25, -0.2) is 4.79 Å². The third-order valence-electron chi connectivity index (χ3n) is 9.69. The molecule has 1 aromatic rings. The van der Waals surface area contributed by atoms with Gasteiger partial charge in [-0.1, -0.05) is 55.3 Å². The number of esters is 1. The molecule has 1 N–H and O–H groups in total. The molecule has 212 valence electrons. The molecule has 0 aromatic heterocycles. The van der Waals surface area contributed by atoms with Crippen LogP contribution in [0.3, 0.4) is 0 Å². The predicted molar refractivity (Wildman–Crippen MR) is 153 cm³/mol. The fourth-order valence-electron chi connectivity index (χ4n) is 7.95. The number of carbonyl (C=O) groups is 2. The number of carbonyl (C=O) groups excluding carboxylic acids is 2. The summed E-state index contributed by atoms with van der Waals surface area (Å²) >= 11 is 3.32. The number of amides is 1. The molecule has 0 bridgehead atoms. The van der Waals surface area contributed by atoms with Crippen molar-refractivity contribution in [2.24, 2.45) is 22.7 Å². The van der Waals surface area contributed by atoms with E-state index in [2.05, 4.69) is 48.9 Å². The summed E-state index contributed by atoms with van der Waals surface area (Å²) in [6.07, 6.45) is 9.53. The number of halogens is 1. The summed E-state index contributed by atoms with van der Waals surface area (Å²) in [7, 11) is 0. The Kier molecular flexibility index (Phi) is 9.63. The maximum Gasteiger partial charge on any atom is 0.338 e. The lowest BCUT2D eigenvalue weighted by molar-refractivity contribution is -0.273. The quantitative estimate of drug-likeness (QED) is 0.192. The zero-order valence-electron chi connectivity index (χ0n) is 23.7. The van der Waals surface area contributed by atoms with Gasteiger partial charge in [0.15, 0.2) is 6.29 Å². The highest BCUT2D eigenvalue weighted by atomic mass is 79.9. The first-order valence-corrected chi connectivity index (χ1v) is 15.6. The first kappa shape index (κ1) is 29.5. The van der Waals surface area contributed by atoms with Crippen molar-refractivity contribution in [2.75, 3.05) is 25.1 Å². The molecule has 0 spiro atoms. The van der Waals surface area contributed by atoms with Gasteiger partial charge in [0.1, 0.15) is 0 Å². The van der Waals surface area contributed by atoms with E-state index in [1.807, 2.05) is 0 Å². The van der Waals surface area contributed by atoms with Crippen LogP contribution in [0.25, 0.3) is 0 Å². The minimum absolute atomic E-state index is 0.100. The van der Waals surface area contributed by atoms with Crippen LogP contribution in [0.5, 0.6) is 0 Å². The van der Waals surface area contributed by atoms with Crippen LogP contribution in [0, 0.1) is 22.7 Å². The summed E-state index contributed by atoms with van der Waals surface area (Å²) in [4.78, 5) is 25.8. The van der Waals surface area contributed by atoms with Crippen LogP contribution < -0.4 is 5.32 Å². The molecule has 7 heteroatoms. The lowest BCUT2D eigenvalue weighted by atomic mass is 9.45. The fourth-order valence-corrected chi connectivity index (χ4v) is 8.15. The number of benzene rings is 1. The van der Waals surface area contributed by atoms with E-state index < -0.39 is 5.97 Å². The van der Waals surface area contributed by atoms with Gasteiger partial charge < -0.3 is 19.5 Å². The number of rotatable bonds is 9. The highest BCUT2D eigenvalue weighted by molar-refractivity contribution is 9.09. The van der Waals surface area contributed by atoms with Gasteiger partial charge in [0.05, 0.1) is 23.3 Å². The molecular formula is C31H46BrNO5. The van der Waals surface area contributed by atoms with Crippen LogP contribution in [0.15, 0.2) is 24.3 Å². The molecule has 1 aromatic carbocycles. The van der Waals surface area contributed by atoms with Crippen molar-refractivity contribution in [1.82, 2.24) is 5.32 Å². The number of hydrogen-bond donors (Lipinski definition) is 1. The lowest BCUT2D eigenvalue weighted by Crippen LogP contribution is -2.59. The lowest BCUT2D eigenvalue weighted by Gasteiger charge is -2.62. The normalized spacial score (nSPS) is 32.7. The van der Waals surface area contributed by atoms with Crippen LogP contribution in [0.1, 0.15) is 106 Å². The molecule has 5 atom stereocenters. The summed E-state index contributed by atoms with van der Waals surface area (Å²) in [5, 5.41) is 3.47. The molecule has 2 aliphatic carbocycles. The van der Waals surface area contributed by atoms with E-state index in [1.54, 1.807) is 24.3 Å². The maximum absolute atomic E-state index is 13.2. The van der Waals surface area contributed by atoms with Gasteiger partial charge >= 0.3 is 5.97 Å². The van der Waals surface area contributed by atoms with E-state index >= 15 is 0 Å². The number of alkyl halides is 1. The number of ether oxygens (including phenoxy) is 3. The molecule has 1 saturated heterocycles. The maximum atomic E-state index is 13.2. The second kappa shape index (κ2) is 12.4. The summed E-state index contributed by atoms with van der Waals surface area (Å²) in [6, 6.07) is 6.88. The Bertz CT molecular complexity index is 977. The smallest absolute Gasteiger partial charge is 0.338 e. The Morgan fingerprint density at radius 2 is 1.79 bits per heavy atom. The first-order chi connectivity index (χ1) is 18.1. The molecule has 3 fully saturated rings. The van der Waals surface area contributed by atoms with Crippen molar-refractivity contribution in [2.45, 2.75) is 97.4 Å². The third kappa shape index (κ3) is 6.31. The Hall–Kier alpha value is -1.44. The van der Waals surface area contributed by atoms with Crippen LogP contribution >= 0.6 is 15.9 Å². The van der Waals surface area contributed by atoms with Crippen LogP contribution in [-0.4, -0.2) is 48.9 Å². The summed E-state index contributed by atoms with van der Waals surface area (Å²) in [6.45, 7) is 11.1. The molecule has 1 aliphatic heterocycles. The second-order valence-corrected chi connectivity index (χ2v) is 13.4. The minimum Gasteiger partial charge on any atom is -0.462 e. The highest BCUT2D eigenvalue weighted by Crippen LogP contribution is 2.63. The fraction of sp³-hybridized carbons (Fsp3) is 0.742. The van der Waals surface area contributed by atoms with Crippen molar-refractivity contribution >= 4 is 27.8 Å². The van der Waals surface area contributed by atoms with Crippen molar-refractivity contribution in [3.05, 3.63) is 35.4 Å². The zero-order valence-corrected chi connectivity index (χ0v) is 25.2. The average molecular weight is 593 g/mol. The molecule has 1 heterocycles. The monoisotopic (exact) mass is 591 g/mol. The van der Waals surface area contributed by atoms with Crippen molar-refractivity contribution in [3.8, 4) is 0 Å².